The highest BCUT2D eigenvalue weighted by atomic mass is 16.6. The van der Waals surface area contributed by atoms with Crippen molar-refractivity contribution in [3.63, 3.8) is 0 Å². The summed E-state index contributed by atoms with van der Waals surface area (Å²) in [7, 11) is 0. The van der Waals surface area contributed by atoms with Crippen LogP contribution in [-0.4, -0.2) is 36.4 Å². The number of unbranched alkanes of at least 4 members (excludes halogenated alkanes) is 32. The fraction of sp³-hybridized carbons (Fsp3) is 0.647. The Labute approximate surface area is 557 Å². The van der Waals surface area contributed by atoms with E-state index in [2.05, 4.69) is 184 Å². The van der Waals surface area contributed by atoms with E-state index in [9.17, 15) is 14.7 Å². The molecule has 510 valence electrons. The maximum atomic E-state index is 12.4. The molecule has 0 rings (SSSR count). The second-order valence-electron chi connectivity index (χ2n) is 24.6. The summed E-state index contributed by atoms with van der Waals surface area (Å²) in [5.74, 6) is -0.586. The lowest BCUT2D eigenvalue weighted by molar-refractivity contribution is -0.161. The molecular weight excluding hydrogens is 1100 g/mol. The Morgan fingerprint density at radius 3 is 0.667 bits per heavy atom. The van der Waals surface area contributed by atoms with Crippen molar-refractivity contribution >= 4 is 11.9 Å². The first kappa shape index (κ1) is 85.3. The van der Waals surface area contributed by atoms with Crippen LogP contribution in [0.1, 0.15) is 335 Å². The number of aliphatic hydroxyl groups is 1. The highest BCUT2D eigenvalue weighted by Crippen LogP contribution is 2.18. The van der Waals surface area contributed by atoms with Crippen LogP contribution in [0.5, 0.6) is 0 Å². The molecule has 0 aliphatic carbocycles. The zero-order valence-corrected chi connectivity index (χ0v) is 58.6. The quantitative estimate of drug-likeness (QED) is 0.0373. The lowest BCUT2D eigenvalue weighted by atomic mass is 10.0. The van der Waals surface area contributed by atoms with Gasteiger partial charge in [-0.2, -0.15) is 0 Å². The third-order valence-corrected chi connectivity index (χ3v) is 16.0. The molecule has 0 bridgehead atoms. The van der Waals surface area contributed by atoms with Gasteiger partial charge in [-0.25, -0.2) is 0 Å². The number of ether oxygens (including phenoxy) is 2. The summed E-state index contributed by atoms with van der Waals surface area (Å²) >= 11 is 0. The first-order chi connectivity index (χ1) is 44.6. The second kappa shape index (κ2) is 78.5. The van der Waals surface area contributed by atoms with Crippen molar-refractivity contribution in [3.8, 4) is 0 Å². The van der Waals surface area contributed by atoms with Gasteiger partial charge in [-0.3, -0.25) is 9.59 Å². The number of hydrogen-bond donors (Lipinski definition) is 1. The molecule has 90 heavy (non-hydrogen) atoms. The molecule has 0 aromatic rings. The van der Waals surface area contributed by atoms with Crippen molar-refractivity contribution < 1.29 is 24.2 Å². The maximum absolute atomic E-state index is 12.4. The molecule has 0 aliphatic heterocycles. The van der Waals surface area contributed by atoms with Crippen LogP contribution >= 0.6 is 0 Å². The van der Waals surface area contributed by atoms with Gasteiger partial charge < -0.3 is 14.6 Å². The van der Waals surface area contributed by atoms with Crippen LogP contribution in [0, 0.1) is 0 Å². The molecule has 0 saturated heterocycles. The SMILES string of the molecule is CC/C=C\C/C=C\C/C=C\C/C=C\C/C=C\C/C=C\C/C=C\CCCCCCCCCCCCCCCCCCCC(=O)OC(CO)COC(=O)CCCCCCCCCCCCCCCCC/C=C\C/C=C\C/C=C\C/C=C\C/C=C\C/C=C\C/C=C\CC. The van der Waals surface area contributed by atoms with E-state index in [0.717, 1.165) is 128 Å². The maximum Gasteiger partial charge on any atom is 0.306 e. The van der Waals surface area contributed by atoms with E-state index in [1.807, 2.05) is 0 Å². The third kappa shape index (κ3) is 75.7. The number of hydrogen-bond acceptors (Lipinski definition) is 5. The van der Waals surface area contributed by atoms with Crippen molar-refractivity contribution in [2.75, 3.05) is 13.2 Å². The van der Waals surface area contributed by atoms with Gasteiger partial charge in [-0.05, 0) is 128 Å². The van der Waals surface area contributed by atoms with Gasteiger partial charge in [0.1, 0.15) is 6.61 Å². The van der Waals surface area contributed by atoms with Crippen LogP contribution in [0.15, 0.2) is 170 Å². The summed E-state index contributed by atoms with van der Waals surface area (Å²) in [5.41, 5.74) is 0. The summed E-state index contributed by atoms with van der Waals surface area (Å²) in [4.78, 5) is 24.7. The molecule has 0 aromatic carbocycles. The normalized spacial score (nSPS) is 13.2. The second-order valence-corrected chi connectivity index (χ2v) is 24.6. The largest absolute Gasteiger partial charge is 0.462 e. The number of rotatable bonds is 68. The molecule has 0 aromatic heterocycles. The van der Waals surface area contributed by atoms with Gasteiger partial charge in [0.05, 0.1) is 6.61 Å². The Balaban J connectivity index is 3.49. The topological polar surface area (TPSA) is 72.8 Å². The van der Waals surface area contributed by atoms with Crippen molar-refractivity contribution in [1.29, 1.82) is 0 Å². The van der Waals surface area contributed by atoms with Gasteiger partial charge in [0.25, 0.3) is 0 Å². The Hall–Kier alpha value is -4.74. The molecule has 1 unspecified atom stereocenters. The summed E-state index contributed by atoms with van der Waals surface area (Å²) < 4.78 is 10.8. The summed E-state index contributed by atoms with van der Waals surface area (Å²) in [6.45, 7) is 3.93. The van der Waals surface area contributed by atoms with Crippen molar-refractivity contribution in [2.45, 2.75) is 341 Å². The van der Waals surface area contributed by atoms with Gasteiger partial charge in [-0.15, -0.1) is 0 Å². The van der Waals surface area contributed by atoms with Crippen LogP contribution in [-0.2, 0) is 19.1 Å². The van der Waals surface area contributed by atoms with Crippen LogP contribution in [0.25, 0.3) is 0 Å². The molecule has 0 fully saturated rings. The van der Waals surface area contributed by atoms with E-state index in [1.54, 1.807) is 0 Å². The molecule has 5 heteroatoms. The van der Waals surface area contributed by atoms with Gasteiger partial charge in [-0.1, -0.05) is 364 Å². The van der Waals surface area contributed by atoms with E-state index in [0.29, 0.717) is 12.8 Å². The summed E-state index contributed by atoms with van der Waals surface area (Å²) in [6.07, 6.45) is 121. The molecule has 5 nitrogen and oxygen atoms in total. The number of allylic oxidation sites excluding steroid dienone is 28. The van der Waals surface area contributed by atoms with E-state index in [4.69, 9.17) is 9.47 Å². The Kier molecular flexibility index (Phi) is 74.4. The van der Waals surface area contributed by atoms with E-state index >= 15 is 0 Å². The average Bonchev–Trinajstić information content (AvgIpc) is 3.59. The molecule has 1 N–H and O–H groups in total. The first-order valence-electron chi connectivity index (χ1n) is 37.7. The molecule has 0 radical (unpaired) electrons. The van der Waals surface area contributed by atoms with Gasteiger partial charge >= 0.3 is 11.9 Å². The smallest absolute Gasteiger partial charge is 0.306 e. The van der Waals surface area contributed by atoms with Gasteiger partial charge in [0, 0.05) is 12.8 Å². The zero-order valence-electron chi connectivity index (χ0n) is 58.6. The lowest BCUT2D eigenvalue weighted by Gasteiger charge is -2.15. The van der Waals surface area contributed by atoms with Crippen LogP contribution in [0.3, 0.4) is 0 Å². The highest BCUT2D eigenvalue weighted by Gasteiger charge is 2.16. The average molecular weight is 1240 g/mol. The van der Waals surface area contributed by atoms with Crippen molar-refractivity contribution in [1.82, 2.24) is 0 Å². The van der Waals surface area contributed by atoms with Crippen LogP contribution in [0.2, 0.25) is 0 Å². The zero-order chi connectivity index (χ0) is 64.7. The van der Waals surface area contributed by atoms with E-state index < -0.39 is 6.10 Å². The summed E-state index contributed by atoms with van der Waals surface area (Å²) in [5, 5.41) is 9.72. The molecular formula is C85H140O5. The predicted molar refractivity (Wildman–Crippen MR) is 398 cm³/mol. The molecule has 0 amide bonds. The van der Waals surface area contributed by atoms with E-state index in [1.165, 1.54) is 180 Å². The van der Waals surface area contributed by atoms with Crippen LogP contribution in [0.4, 0.5) is 0 Å². The minimum atomic E-state index is -0.782. The number of aliphatic hydroxyl groups excluding tert-OH is 1. The fourth-order valence-electron chi connectivity index (χ4n) is 10.5. The minimum absolute atomic E-state index is 0.0704. The van der Waals surface area contributed by atoms with E-state index in [-0.39, 0.29) is 25.2 Å². The molecule has 0 aliphatic rings. The molecule has 1 atom stereocenters. The monoisotopic (exact) mass is 1240 g/mol. The molecule has 0 spiro atoms. The van der Waals surface area contributed by atoms with Crippen LogP contribution < -0.4 is 0 Å². The fourth-order valence-corrected chi connectivity index (χ4v) is 10.5. The first-order valence-corrected chi connectivity index (χ1v) is 37.7. The standard InChI is InChI=1S/C85H140O5/c1-3-5-7-9-11-13-15-17-19-21-23-25-27-29-31-33-35-37-39-41-42-44-46-48-50-52-54-56-58-60-62-64-66-68-70-72-74-76-78-80-85(88)90-83(81-86)82-89-84(87)79-77-75-73-71-69-67-65-63-61-59-57-55-53-51-49-47-45-43-40-38-36-34-32-30-28-26-24-22-20-18-16-14-12-10-8-6-4-2/h5-8,11-14,17-20,23-26,29-32,35-38,41-43,45,83,86H,3-4,9-10,15-16,21-22,27-28,33-34,39-40,44,46-82H2,1-2H3/b7-5-,8-6-,13-11-,14-12-,19-17-,20-18-,25-23-,26-24-,31-29-,32-30-,37-35-,38-36-,42-41-,45-43-. The number of carbonyl (C=O) groups excluding carboxylic acids is 2. The minimum Gasteiger partial charge on any atom is -0.462 e. The third-order valence-electron chi connectivity index (χ3n) is 16.0. The predicted octanol–water partition coefficient (Wildman–Crippen LogP) is 26.8. The Morgan fingerprint density at radius 2 is 0.444 bits per heavy atom. The van der Waals surface area contributed by atoms with Gasteiger partial charge in [0.2, 0.25) is 0 Å². The number of carbonyl (C=O) groups is 2. The van der Waals surface area contributed by atoms with Crippen molar-refractivity contribution in [2.24, 2.45) is 0 Å². The van der Waals surface area contributed by atoms with Crippen molar-refractivity contribution in [3.05, 3.63) is 170 Å². The lowest BCUT2D eigenvalue weighted by Crippen LogP contribution is -2.28. The Bertz CT molecular complexity index is 1940. The Morgan fingerprint density at radius 1 is 0.256 bits per heavy atom. The summed E-state index contributed by atoms with van der Waals surface area (Å²) in [6, 6.07) is 0. The number of esters is 2. The highest BCUT2D eigenvalue weighted by molar-refractivity contribution is 5.70. The molecule has 0 heterocycles. The molecule has 0 saturated carbocycles. The van der Waals surface area contributed by atoms with Gasteiger partial charge in [0.15, 0.2) is 6.10 Å².